The molecule has 1 atom stereocenters. The highest BCUT2D eigenvalue weighted by Gasteiger charge is 2.56. The van der Waals surface area contributed by atoms with E-state index in [2.05, 4.69) is 19.2 Å². The van der Waals surface area contributed by atoms with Crippen LogP contribution in [0.4, 0.5) is 0 Å². The highest BCUT2D eigenvalue weighted by atomic mass is 16.2. The second-order valence-corrected chi connectivity index (χ2v) is 7.16. The Morgan fingerprint density at radius 3 is 2.33 bits per heavy atom. The minimum atomic E-state index is -0.523. The van der Waals surface area contributed by atoms with E-state index in [4.69, 9.17) is 0 Å². The van der Waals surface area contributed by atoms with Gasteiger partial charge in [-0.2, -0.15) is 0 Å². The lowest BCUT2D eigenvalue weighted by Gasteiger charge is -2.47. The number of amides is 2. The lowest BCUT2D eigenvalue weighted by Crippen LogP contribution is -2.70. The highest BCUT2D eigenvalue weighted by molar-refractivity contribution is 6.00. The van der Waals surface area contributed by atoms with Crippen LogP contribution < -0.4 is 5.32 Å². The van der Waals surface area contributed by atoms with Gasteiger partial charge in [0.05, 0.1) is 0 Å². The molecule has 1 saturated heterocycles. The summed E-state index contributed by atoms with van der Waals surface area (Å²) < 4.78 is 0. The molecule has 4 nitrogen and oxygen atoms in total. The first-order valence-corrected chi connectivity index (χ1v) is 8.74. The summed E-state index contributed by atoms with van der Waals surface area (Å²) >= 11 is 0. The summed E-state index contributed by atoms with van der Waals surface area (Å²) in [5, 5.41) is 3.07. The fraction of sp³-hybridized carbons (Fsp3) is 0.882. The standard InChI is InChI=1S/C17H28N2O2/c1-3-12(4-2)11-19-15(20)14(13-7-8-13)18-16(21)17(19)9-5-6-10-17/h12-14H,3-11H2,1-2H3,(H,18,21). The van der Waals surface area contributed by atoms with Crippen LogP contribution in [-0.4, -0.2) is 34.8 Å². The Bertz CT molecular complexity index is 421. The number of hydrogen-bond donors (Lipinski definition) is 1. The highest BCUT2D eigenvalue weighted by Crippen LogP contribution is 2.42. The molecule has 1 unspecified atom stereocenters. The molecule has 0 radical (unpaired) electrons. The molecule has 3 aliphatic rings. The molecule has 0 bridgehead atoms. The molecule has 1 spiro atoms. The number of rotatable bonds is 5. The summed E-state index contributed by atoms with van der Waals surface area (Å²) in [4.78, 5) is 27.8. The number of nitrogens with zero attached hydrogens (tertiary/aromatic N) is 1. The molecule has 3 fully saturated rings. The predicted octanol–water partition coefficient (Wildman–Crippen LogP) is 2.47. The first-order chi connectivity index (χ1) is 10.1. The van der Waals surface area contributed by atoms with E-state index in [0.29, 0.717) is 11.8 Å². The number of hydrogen-bond acceptors (Lipinski definition) is 2. The van der Waals surface area contributed by atoms with Gasteiger partial charge in [-0.05, 0) is 37.5 Å². The van der Waals surface area contributed by atoms with Crippen molar-refractivity contribution < 1.29 is 9.59 Å². The van der Waals surface area contributed by atoms with Crippen molar-refractivity contribution in [1.82, 2.24) is 10.2 Å². The van der Waals surface area contributed by atoms with Crippen LogP contribution in [0.5, 0.6) is 0 Å². The molecule has 1 heterocycles. The smallest absolute Gasteiger partial charge is 0.246 e. The third-order valence-electron chi connectivity index (χ3n) is 5.88. The number of piperazine rings is 1. The monoisotopic (exact) mass is 292 g/mol. The topological polar surface area (TPSA) is 49.4 Å². The molecule has 118 valence electrons. The fourth-order valence-electron chi connectivity index (χ4n) is 4.11. The third-order valence-corrected chi connectivity index (χ3v) is 5.88. The number of nitrogens with one attached hydrogen (secondary N) is 1. The first-order valence-electron chi connectivity index (χ1n) is 8.74. The van der Waals surface area contributed by atoms with Crippen LogP contribution in [0.1, 0.15) is 65.2 Å². The number of carbonyl (C=O) groups is 2. The van der Waals surface area contributed by atoms with Crippen LogP contribution in [-0.2, 0) is 9.59 Å². The van der Waals surface area contributed by atoms with Gasteiger partial charge in [0.15, 0.2) is 0 Å². The second-order valence-electron chi connectivity index (χ2n) is 7.16. The summed E-state index contributed by atoms with van der Waals surface area (Å²) in [6, 6.07) is -0.238. The Morgan fingerprint density at radius 2 is 1.81 bits per heavy atom. The van der Waals surface area contributed by atoms with E-state index >= 15 is 0 Å². The Kier molecular flexibility index (Phi) is 3.98. The van der Waals surface area contributed by atoms with Crippen LogP contribution in [0, 0.1) is 11.8 Å². The van der Waals surface area contributed by atoms with E-state index < -0.39 is 5.54 Å². The summed E-state index contributed by atoms with van der Waals surface area (Å²) in [7, 11) is 0. The lowest BCUT2D eigenvalue weighted by atomic mass is 9.86. The summed E-state index contributed by atoms with van der Waals surface area (Å²) in [5.74, 6) is 1.23. The van der Waals surface area contributed by atoms with Crippen LogP contribution in [0.3, 0.4) is 0 Å². The first kappa shape index (κ1) is 14.9. The molecule has 2 amide bonds. The van der Waals surface area contributed by atoms with Gasteiger partial charge in [-0.1, -0.05) is 39.5 Å². The zero-order chi connectivity index (χ0) is 15.0. The maximum Gasteiger partial charge on any atom is 0.246 e. The molecule has 2 aliphatic carbocycles. The van der Waals surface area contributed by atoms with Gasteiger partial charge in [0, 0.05) is 6.54 Å². The quantitative estimate of drug-likeness (QED) is 0.846. The van der Waals surface area contributed by atoms with Crippen LogP contribution >= 0.6 is 0 Å². The summed E-state index contributed by atoms with van der Waals surface area (Å²) in [6.45, 7) is 5.13. The maximum absolute atomic E-state index is 13.0. The average Bonchev–Trinajstić information content (AvgIpc) is 3.21. The summed E-state index contributed by atoms with van der Waals surface area (Å²) in [6.07, 6.45) is 8.15. The molecule has 3 rings (SSSR count). The van der Waals surface area contributed by atoms with Gasteiger partial charge in [0.1, 0.15) is 11.6 Å². The van der Waals surface area contributed by atoms with E-state index in [0.717, 1.165) is 57.9 Å². The van der Waals surface area contributed by atoms with Gasteiger partial charge < -0.3 is 10.2 Å². The SMILES string of the molecule is CCC(CC)CN1C(=O)C(C2CC2)NC(=O)C12CCCC2. The van der Waals surface area contributed by atoms with Gasteiger partial charge in [-0.3, -0.25) is 9.59 Å². The zero-order valence-corrected chi connectivity index (χ0v) is 13.4. The second kappa shape index (κ2) is 5.62. The van der Waals surface area contributed by atoms with E-state index in [1.807, 2.05) is 4.90 Å². The van der Waals surface area contributed by atoms with Gasteiger partial charge >= 0.3 is 0 Å². The molecule has 0 aromatic carbocycles. The lowest BCUT2D eigenvalue weighted by molar-refractivity contribution is -0.159. The molecule has 0 aromatic rings. The molecule has 0 aromatic heterocycles. The normalized spacial score (nSPS) is 28.5. The van der Waals surface area contributed by atoms with Crippen molar-refractivity contribution in [3.63, 3.8) is 0 Å². The Balaban J connectivity index is 1.87. The summed E-state index contributed by atoms with van der Waals surface area (Å²) in [5.41, 5.74) is -0.523. The largest absolute Gasteiger partial charge is 0.342 e. The molecule has 2 saturated carbocycles. The Hall–Kier alpha value is -1.06. The average molecular weight is 292 g/mol. The molecule has 4 heteroatoms. The minimum Gasteiger partial charge on any atom is -0.342 e. The van der Waals surface area contributed by atoms with E-state index in [1.54, 1.807) is 0 Å². The zero-order valence-electron chi connectivity index (χ0n) is 13.4. The predicted molar refractivity (Wildman–Crippen MR) is 81.6 cm³/mol. The Labute approximate surface area is 127 Å². The third kappa shape index (κ3) is 2.47. The minimum absolute atomic E-state index is 0.127. The molecular weight excluding hydrogens is 264 g/mol. The van der Waals surface area contributed by atoms with E-state index in [1.165, 1.54) is 0 Å². The maximum atomic E-state index is 13.0. The molecular formula is C17H28N2O2. The van der Waals surface area contributed by atoms with Crippen LogP contribution in [0.25, 0.3) is 0 Å². The van der Waals surface area contributed by atoms with Crippen molar-refractivity contribution >= 4 is 11.8 Å². The Morgan fingerprint density at radius 1 is 1.19 bits per heavy atom. The fourth-order valence-corrected chi connectivity index (χ4v) is 4.11. The van der Waals surface area contributed by atoms with Crippen molar-refractivity contribution in [3.8, 4) is 0 Å². The molecule has 1 N–H and O–H groups in total. The number of carbonyl (C=O) groups excluding carboxylic acids is 2. The van der Waals surface area contributed by atoms with Crippen LogP contribution in [0.2, 0.25) is 0 Å². The van der Waals surface area contributed by atoms with Crippen molar-refractivity contribution in [2.75, 3.05) is 6.54 Å². The van der Waals surface area contributed by atoms with Gasteiger partial charge in [-0.25, -0.2) is 0 Å². The molecule has 1 aliphatic heterocycles. The van der Waals surface area contributed by atoms with Gasteiger partial charge in [0.2, 0.25) is 11.8 Å². The van der Waals surface area contributed by atoms with Crippen LogP contribution in [0.15, 0.2) is 0 Å². The van der Waals surface area contributed by atoms with Crippen molar-refractivity contribution in [2.45, 2.75) is 76.8 Å². The van der Waals surface area contributed by atoms with Gasteiger partial charge in [-0.15, -0.1) is 0 Å². The van der Waals surface area contributed by atoms with Crippen molar-refractivity contribution in [3.05, 3.63) is 0 Å². The molecule has 21 heavy (non-hydrogen) atoms. The van der Waals surface area contributed by atoms with Crippen molar-refractivity contribution in [2.24, 2.45) is 11.8 Å². The van der Waals surface area contributed by atoms with Crippen molar-refractivity contribution in [1.29, 1.82) is 0 Å². The van der Waals surface area contributed by atoms with E-state index in [9.17, 15) is 9.59 Å². The van der Waals surface area contributed by atoms with E-state index in [-0.39, 0.29) is 17.9 Å². The van der Waals surface area contributed by atoms with Gasteiger partial charge in [0.25, 0.3) is 0 Å².